The molecular weight excluding hydrogens is 501 g/mol. The van der Waals surface area contributed by atoms with Crippen LogP contribution in [0.5, 0.6) is 5.75 Å². The lowest BCUT2D eigenvalue weighted by atomic mass is 9.59. The summed E-state index contributed by atoms with van der Waals surface area (Å²) < 4.78 is 14.5. The molecule has 4 aliphatic rings. The first-order chi connectivity index (χ1) is 18.6. The zero-order valence-corrected chi connectivity index (χ0v) is 21.2. The molecule has 0 saturated carbocycles. The summed E-state index contributed by atoms with van der Waals surface area (Å²) in [6.07, 6.45) is 3.50. The minimum Gasteiger partial charge on any atom is -0.505 e. The number of hydrogen-bond acceptors (Lipinski definition) is 6. The van der Waals surface area contributed by atoms with Gasteiger partial charge in [0.25, 0.3) is 0 Å². The fraction of sp³-hybridized carbons (Fsp3) is 0.258. The average molecular weight is 526 g/mol. The van der Waals surface area contributed by atoms with Gasteiger partial charge in [0.1, 0.15) is 0 Å². The second-order valence-electron chi connectivity index (χ2n) is 10.6. The number of benzene rings is 2. The van der Waals surface area contributed by atoms with E-state index in [2.05, 4.69) is 0 Å². The zero-order chi connectivity index (χ0) is 27.7. The van der Waals surface area contributed by atoms with Crippen molar-refractivity contribution in [1.29, 1.82) is 0 Å². The number of hydrogen-bond donors (Lipinski definition) is 1. The third kappa shape index (κ3) is 3.66. The SMILES string of the molecule is CC(=O)c1ccc(N2C(=O)[C@H]3[C@H](CC=C4[C@H](c5ccc(O)c(F)c5)C5=C(C[C@H]43)C(=O)C(C)=CC5=O)C2=O)cc1. The van der Waals surface area contributed by atoms with Gasteiger partial charge in [0.05, 0.1) is 17.5 Å². The van der Waals surface area contributed by atoms with E-state index in [1.807, 2.05) is 6.08 Å². The summed E-state index contributed by atoms with van der Waals surface area (Å²) in [4.78, 5) is 66.8. The van der Waals surface area contributed by atoms with Gasteiger partial charge in [-0.05, 0) is 80.6 Å². The lowest BCUT2D eigenvalue weighted by Crippen LogP contribution is -2.39. The normalized spacial score (nSPS) is 26.2. The number of phenols is 1. The number of amides is 2. The summed E-state index contributed by atoms with van der Waals surface area (Å²) >= 11 is 0. The van der Waals surface area contributed by atoms with Crippen LogP contribution in [0.15, 0.2) is 76.9 Å². The molecule has 6 rings (SSSR count). The quantitative estimate of drug-likeness (QED) is 0.276. The predicted molar refractivity (Wildman–Crippen MR) is 138 cm³/mol. The molecule has 4 atom stereocenters. The minimum absolute atomic E-state index is 0.116. The van der Waals surface area contributed by atoms with Crippen molar-refractivity contribution in [3.05, 3.63) is 93.9 Å². The van der Waals surface area contributed by atoms with Gasteiger partial charge in [-0.2, -0.15) is 0 Å². The van der Waals surface area contributed by atoms with Crippen molar-refractivity contribution >= 4 is 34.9 Å². The Bertz CT molecular complexity index is 1610. The molecule has 1 heterocycles. The molecule has 3 aliphatic carbocycles. The fourth-order valence-electron chi connectivity index (χ4n) is 6.56. The lowest BCUT2D eigenvalue weighted by Gasteiger charge is -2.42. The Labute approximate surface area is 223 Å². The third-order valence-electron chi connectivity index (χ3n) is 8.40. The van der Waals surface area contributed by atoms with Crippen molar-refractivity contribution in [3.63, 3.8) is 0 Å². The van der Waals surface area contributed by atoms with E-state index in [0.29, 0.717) is 22.4 Å². The Morgan fingerprint density at radius 2 is 1.72 bits per heavy atom. The number of halogens is 1. The summed E-state index contributed by atoms with van der Waals surface area (Å²) in [7, 11) is 0. The fourth-order valence-corrected chi connectivity index (χ4v) is 6.56. The summed E-state index contributed by atoms with van der Waals surface area (Å²) in [5, 5.41) is 9.77. The topological polar surface area (TPSA) is 109 Å². The standard InChI is InChI=1S/C31H24FNO6/c1-14-11-25(36)28-22(29(14)37)13-21-19(26(28)17-5-10-24(35)23(32)12-17)8-9-20-27(21)31(39)33(30(20)38)18-6-3-16(4-7-18)15(2)34/h3-8,10-12,20-21,26-27,35H,9,13H2,1-2H3/t20-,21+,26-,27-/m0/s1. The third-order valence-corrected chi connectivity index (χ3v) is 8.40. The van der Waals surface area contributed by atoms with Crippen molar-refractivity contribution in [2.75, 3.05) is 4.90 Å². The minimum atomic E-state index is -0.861. The number of carbonyl (C=O) groups excluding carboxylic acids is 5. The number of carbonyl (C=O) groups is 5. The number of ketones is 3. The van der Waals surface area contributed by atoms with E-state index in [1.54, 1.807) is 31.2 Å². The van der Waals surface area contributed by atoms with E-state index in [9.17, 15) is 33.5 Å². The van der Waals surface area contributed by atoms with E-state index < -0.39 is 41.1 Å². The molecule has 0 unspecified atom stereocenters. The molecule has 0 bridgehead atoms. The van der Waals surface area contributed by atoms with Gasteiger partial charge in [-0.3, -0.25) is 28.9 Å². The van der Waals surface area contributed by atoms with Crippen LogP contribution in [0.4, 0.5) is 10.1 Å². The molecule has 196 valence electrons. The summed E-state index contributed by atoms with van der Waals surface area (Å²) in [6, 6.07) is 10.1. The van der Waals surface area contributed by atoms with Crippen LogP contribution in [0.3, 0.4) is 0 Å². The number of allylic oxidation sites excluding steroid dienone is 6. The molecule has 2 amide bonds. The van der Waals surface area contributed by atoms with E-state index >= 15 is 0 Å². The number of imide groups is 1. The zero-order valence-electron chi connectivity index (χ0n) is 21.2. The van der Waals surface area contributed by atoms with Crippen LogP contribution in [0, 0.1) is 23.6 Å². The van der Waals surface area contributed by atoms with E-state index in [1.165, 1.54) is 25.1 Å². The highest BCUT2D eigenvalue weighted by Gasteiger charge is 2.56. The number of aromatic hydroxyl groups is 1. The predicted octanol–water partition coefficient (Wildman–Crippen LogP) is 4.37. The van der Waals surface area contributed by atoms with Crippen LogP contribution in [0.1, 0.15) is 48.5 Å². The molecule has 1 N–H and O–H groups in total. The van der Waals surface area contributed by atoms with Crippen LogP contribution in [-0.4, -0.2) is 34.3 Å². The first-order valence-corrected chi connectivity index (χ1v) is 12.8. The number of anilines is 1. The monoisotopic (exact) mass is 525 g/mol. The summed E-state index contributed by atoms with van der Waals surface area (Å²) in [5.41, 5.74) is 2.73. The number of rotatable bonds is 3. The molecule has 8 heteroatoms. The van der Waals surface area contributed by atoms with E-state index in [-0.39, 0.29) is 52.8 Å². The highest BCUT2D eigenvalue weighted by atomic mass is 19.1. The first kappa shape index (κ1) is 24.9. The van der Waals surface area contributed by atoms with Crippen LogP contribution in [-0.2, 0) is 19.2 Å². The van der Waals surface area contributed by atoms with Crippen molar-refractivity contribution in [3.8, 4) is 5.75 Å². The number of phenolic OH excluding ortho intramolecular Hbond substituents is 1. The lowest BCUT2D eigenvalue weighted by molar-refractivity contribution is -0.123. The van der Waals surface area contributed by atoms with Crippen molar-refractivity contribution < 1.29 is 33.5 Å². The summed E-state index contributed by atoms with van der Waals surface area (Å²) in [5.74, 6) is -5.70. The molecule has 1 fully saturated rings. The highest BCUT2D eigenvalue weighted by molar-refractivity contribution is 6.25. The second kappa shape index (κ2) is 8.80. The molecule has 2 aromatic rings. The van der Waals surface area contributed by atoms with Gasteiger partial charge in [-0.15, -0.1) is 0 Å². The Balaban J connectivity index is 1.46. The first-order valence-electron chi connectivity index (χ1n) is 12.8. The molecule has 39 heavy (non-hydrogen) atoms. The highest BCUT2D eigenvalue weighted by Crippen LogP contribution is 2.55. The van der Waals surface area contributed by atoms with Crippen LogP contribution < -0.4 is 4.90 Å². The van der Waals surface area contributed by atoms with Crippen LogP contribution >= 0.6 is 0 Å². The molecule has 1 aliphatic heterocycles. The number of nitrogens with zero attached hydrogens (tertiary/aromatic N) is 1. The summed E-state index contributed by atoms with van der Waals surface area (Å²) in [6.45, 7) is 2.99. The van der Waals surface area contributed by atoms with Gasteiger partial charge >= 0.3 is 0 Å². The van der Waals surface area contributed by atoms with Gasteiger partial charge < -0.3 is 5.11 Å². The molecule has 0 spiro atoms. The molecule has 1 saturated heterocycles. The largest absolute Gasteiger partial charge is 0.505 e. The number of Topliss-reactive ketones (excluding diaryl/α,β-unsaturated/α-hetero) is 2. The maximum atomic E-state index is 14.5. The van der Waals surface area contributed by atoms with Gasteiger partial charge in [-0.1, -0.05) is 17.7 Å². The molecular formula is C31H24FNO6. The Morgan fingerprint density at radius 1 is 1.00 bits per heavy atom. The molecule has 0 radical (unpaired) electrons. The molecule has 0 aromatic heterocycles. The Morgan fingerprint density at radius 3 is 2.38 bits per heavy atom. The van der Waals surface area contributed by atoms with Crippen molar-refractivity contribution in [2.24, 2.45) is 17.8 Å². The maximum Gasteiger partial charge on any atom is 0.238 e. The Kier molecular flexibility index (Phi) is 5.61. The smallest absolute Gasteiger partial charge is 0.238 e. The number of fused-ring (bicyclic) bond motifs is 3. The average Bonchev–Trinajstić information content (AvgIpc) is 3.17. The Hall–Kier alpha value is -4.46. The van der Waals surface area contributed by atoms with Crippen molar-refractivity contribution in [2.45, 2.75) is 32.6 Å². The second-order valence-corrected chi connectivity index (χ2v) is 10.6. The van der Waals surface area contributed by atoms with Gasteiger partial charge in [0, 0.05) is 28.2 Å². The van der Waals surface area contributed by atoms with E-state index in [4.69, 9.17) is 0 Å². The van der Waals surface area contributed by atoms with Crippen molar-refractivity contribution in [1.82, 2.24) is 0 Å². The van der Waals surface area contributed by atoms with E-state index in [0.717, 1.165) is 11.0 Å². The van der Waals surface area contributed by atoms with Gasteiger partial charge in [0.15, 0.2) is 28.9 Å². The molecule has 2 aromatic carbocycles. The van der Waals surface area contributed by atoms with Crippen LogP contribution in [0.25, 0.3) is 0 Å². The van der Waals surface area contributed by atoms with Gasteiger partial charge in [-0.25, -0.2) is 4.39 Å². The van der Waals surface area contributed by atoms with Gasteiger partial charge in [0.2, 0.25) is 11.8 Å². The van der Waals surface area contributed by atoms with Crippen LogP contribution in [0.2, 0.25) is 0 Å². The maximum absolute atomic E-state index is 14.5. The molecule has 7 nitrogen and oxygen atoms in total.